The summed E-state index contributed by atoms with van der Waals surface area (Å²) in [5, 5.41) is 37.6. The van der Waals surface area contributed by atoms with Crippen LogP contribution in [0.25, 0.3) is 10.9 Å². The number of aromatic amines is 1. The van der Waals surface area contributed by atoms with Crippen LogP contribution >= 0.6 is 11.6 Å². The molecule has 106 valence electrons. The summed E-state index contributed by atoms with van der Waals surface area (Å²) in [6.07, 6.45) is 0. The van der Waals surface area contributed by atoms with Crippen molar-refractivity contribution in [1.82, 2.24) is 4.98 Å². The minimum absolute atomic E-state index is 0.153. The molecule has 0 amide bonds. The van der Waals surface area contributed by atoms with Crippen LogP contribution < -0.4 is 0 Å². The first-order valence-corrected chi connectivity index (χ1v) is 6.37. The van der Waals surface area contributed by atoms with E-state index in [1.165, 1.54) is 12.1 Å². The number of nitrogens with zero attached hydrogens (tertiary/aromatic N) is 2. The number of phenolic OH excluding ortho intramolecular Hbond substituents is 2. The van der Waals surface area contributed by atoms with Crippen LogP contribution in [0.3, 0.4) is 0 Å². The zero-order valence-corrected chi connectivity index (χ0v) is 11.3. The highest BCUT2D eigenvalue weighted by Crippen LogP contribution is 2.41. The van der Waals surface area contributed by atoms with E-state index >= 15 is 0 Å². The molecule has 1 aromatic heterocycles. The van der Waals surface area contributed by atoms with Gasteiger partial charge in [-0.2, -0.15) is 0 Å². The molecule has 2 aromatic carbocycles. The van der Waals surface area contributed by atoms with Crippen LogP contribution in [0.1, 0.15) is 0 Å². The smallest absolute Gasteiger partial charge is 0.218 e. The second-order valence-electron chi connectivity index (χ2n) is 4.36. The highest BCUT2D eigenvalue weighted by molar-refractivity contribution is 6.32. The molecule has 0 bridgehead atoms. The number of phenols is 2. The molecule has 4 N–H and O–H groups in total. The topological polar surface area (TPSA) is 101 Å². The average Bonchev–Trinajstić information content (AvgIpc) is 2.74. The zero-order valence-electron chi connectivity index (χ0n) is 10.6. The molecule has 0 aliphatic heterocycles. The van der Waals surface area contributed by atoms with Gasteiger partial charge in [-0.25, -0.2) is 0 Å². The number of nitrogens with one attached hydrogen (secondary N) is 1. The monoisotopic (exact) mass is 303 g/mol. The third-order valence-electron chi connectivity index (χ3n) is 2.96. The van der Waals surface area contributed by atoms with E-state index in [0.29, 0.717) is 21.6 Å². The summed E-state index contributed by atoms with van der Waals surface area (Å²) < 4.78 is 0. The summed E-state index contributed by atoms with van der Waals surface area (Å²) in [5.41, 5.74) is 1.03. The van der Waals surface area contributed by atoms with Gasteiger partial charge in [0.1, 0.15) is 5.69 Å². The number of benzene rings is 2. The van der Waals surface area contributed by atoms with Crippen LogP contribution in [0.4, 0.5) is 11.4 Å². The van der Waals surface area contributed by atoms with Crippen molar-refractivity contribution in [3.05, 3.63) is 41.4 Å². The van der Waals surface area contributed by atoms with Gasteiger partial charge in [0, 0.05) is 11.5 Å². The third kappa shape index (κ3) is 2.36. The van der Waals surface area contributed by atoms with E-state index in [4.69, 9.17) is 11.6 Å². The highest BCUT2D eigenvalue weighted by Gasteiger charge is 2.13. The van der Waals surface area contributed by atoms with E-state index in [-0.39, 0.29) is 23.1 Å². The molecule has 3 rings (SSSR count). The maximum absolute atomic E-state index is 9.86. The summed E-state index contributed by atoms with van der Waals surface area (Å²) in [5.74, 6) is -0.820. The number of halogens is 1. The lowest BCUT2D eigenvalue weighted by molar-refractivity contribution is 0.405. The maximum Gasteiger partial charge on any atom is 0.218 e. The molecule has 0 spiro atoms. The number of fused-ring (bicyclic) bond motifs is 1. The van der Waals surface area contributed by atoms with Crippen LogP contribution in [0, 0.1) is 0 Å². The fourth-order valence-electron chi connectivity index (χ4n) is 1.93. The zero-order chi connectivity index (χ0) is 15.0. The van der Waals surface area contributed by atoms with E-state index in [1.54, 1.807) is 24.3 Å². The molecule has 1 heterocycles. The molecule has 0 saturated heterocycles. The minimum atomic E-state index is -0.310. The number of hydrogen-bond donors (Lipinski definition) is 4. The van der Waals surface area contributed by atoms with Gasteiger partial charge in [0.05, 0.1) is 10.5 Å². The second kappa shape index (κ2) is 4.99. The Morgan fingerprint density at radius 3 is 2.43 bits per heavy atom. The molecule has 0 aliphatic rings. The predicted octanol–water partition coefficient (Wildman–Crippen LogP) is 4.35. The van der Waals surface area contributed by atoms with Crippen LogP contribution in [0.2, 0.25) is 5.02 Å². The Kier molecular flexibility index (Phi) is 3.15. The molecular formula is C14H10ClN3O3. The van der Waals surface area contributed by atoms with Crippen molar-refractivity contribution < 1.29 is 15.3 Å². The highest BCUT2D eigenvalue weighted by atomic mass is 35.5. The molecule has 0 fully saturated rings. The van der Waals surface area contributed by atoms with Crippen LogP contribution in [-0.2, 0) is 0 Å². The second-order valence-corrected chi connectivity index (χ2v) is 4.77. The van der Waals surface area contributed by atoms with Gasteiger partial charge < -0.3 is 20.3 Å². The number of aromatic hydroxyl groups is 3. The molecular weight excluding hydrogens is 294 g/mol. The summed E-state index contributed by atoms with van der Waals surface area (Å²) in [4.78, 5) is 2.64. The fraction of sp³-hybridized carbons (Fsp3) is 0. The Morgan fingerprint density at radius 1 is 0.952 bits per heavy atom. The largest absolute Gasteiger partial charge is 0.504 e. The Morgan fingerprint density at radius 2 is 1.67 bits per heavy atom. The molecule has 21 heavy (non-hydrogen) atoms. The van der Waals surface area contributed by atoms with Crippen molar-refractivity contribution in [2.24, 2.45) is 10.2 Å². The van der Waals surface area contributed by atoms with Gasteiger partial charge in [-0.15, -0.1) is 10.2 Å². The molecule has 7 heteroatoms. The number of rotatable bonds is 2. The lowest BCUT2D eigenvalue weighted by atomic mass is 10.2. The molecule has 0 saturated carbocycles. The first kappa shape index (κ1) is 13.3. The van der Waals surface area contributed by atoms with Crippen LogP contribution in [-0.4, -0.2) is 20.3 Å². The normalized spacial score (nSPS) is 11.5. The number of aromatic nitrogens is 1. The van der Waals surface area contributed by atoms with Gasteiger partial charge in [-0.3, -0.25) is 0 Å². The van der Waals surface area contributed by atoms with Crippen molar-refractivity contribution in [1.29, 1.82) is 0 Å². The predicted molar refractivity (Wildman–Crippen MR) is 78.9 cm³/mol. The van der Waals surface area contributed by atoms with Crippen molar-refractivity contribution in [3.8, 4) is 17.4 Å². The van der Waals surface area contributed by atoms with Gasteiger partial charge in [0.2, 0.25) is 5.88 Å². The molecule has 0 atom stereocenters. The minimum Gasteiger partial charge on any atom is -0.504 e. The number of hydrogen-bond acceptors (Lipinski definition) is 5. The van der Waals surface area contributed by atoms with E-state index in [2.05, 4.69) is 15.2 Å². The third-order valence-corrected chi connectivity index (χ3v) is 3.28. The number of H-pyrrole nitrogens is 1. The van der Waals surface area contributed by atoms with Gasteiger partial charge >= 0.3 is 0 Å². The van der Waals surface area contributed by atoms with Crippen LogP contribution in [0.15, 0.2) is 46.6 Å². The van der Waals surface area contributed by atoms with E-state index < -0.39 is 0 Å². The van der Waals surface area contributed by atoms with Crippen LogP contribution in [0.5, 0.6) is 17.4 Å². The summed E-state index contributed by atoms with van der Waals surface area (Å²) in [6, 6.07) is 9.47. The van der Waals surface area contributed by atoms with Gasteiger partial charge in [-0.05, 0) is 18.2 Å². The van der Waals surface area contributed by atoms with Crippen molar-refractivity contribution in [2.75, 3.05) is 0 Å². The molecule has 0 radical (unpaired) electrons. The first-order chi connectivity index (χ1) is 10.1. The van der Waals surface area contributed by atoms with Crippen molar-refractivity contribution >= 4 is 33.9 Å². The summed E-state index contributed by atoms with van der Waals surface area (Å²) in [7, 11) is 0. The number of azo groups is 1. The lowest BCUT2D eigenvalue weighted by Gasteiger charge is -1.98. The molecule has 0 unspecified atom stereocenters. The standard InChI is InChI=1S/C14H10ClN3O3/c15-8-3-1-2-4-9(8)17-18-13-7-5-11(19)12(20)6-10(7)16-14(13)21/h1-6,16,19-21H. The summed E-state index contributed by atoms with van der Waals surface area (Å²) >= 11 is 5.97. The SMILES string of the molecule is Oc1cc2[nH]c(O)c(N=Nc3ccccc3Cl)c2cc1O. The van der Waals surface area contributed by atoms with E-state index in [9.17, 15) is 15.3 Å². The van der Waals surface area contributed by atoms with Crippen molar-refractivity contribution in [2.45, 2.75) is 0 Å². The Hall–Kier alpha value is -2.73. The summed E-state index contributed by atoms with van der Waals surface area (Å²) in [6.45, 7) is 0. The van der Waals surface area contributed by atoms with Gasteiger partial charge in [-0.1, -0.05) is 23.7 Å². The van der Waals surface area contributed by atoms with E-state index in [0.717, 1.165) is 0 Å². The maximum atomic E-state index is 9.86. The lowest BCUT2D eigenvalue weighted by Crippen LogP contribution is -1.70. The van der Waals surface area contributed by atoms with Crippen molar-refractivity contribution in [3.63, 3.8) is 0 Å². The fourth-order valence-corrected chi connectivity index (χ4v) is 2.10. The first-order valence-electron chi connectivity index (χ1n) is 5.99. The molecule has 6 nitrogen and oxygen atoms in total. The van der Waals surface area contributed by atoms with Gasteiger partial charge in [0.15, 0.2) is 17.2 Å². The van der Waals surface area contributed by atoms with E-state index in [1.807, 2.05) is 0 Å². The Labute approximate surface area is 124 Å². The van der Waals surface area contributed by atoms with Gasteiger partial charge in [0.25, 0.3) is 0 Å². The average molecular weight is 304 g/mol. The molecule has 3 aromatic rings. The molecule has 0 aliphatic carbocycles. The quantitative estimate of drug-likeness (QED) is 0.418. The Balaban J connectivity index is 2.11. The Bertz CT molecular complexity index is 858.